The number of pyridine rings is 1. The van der Waals surface area contributed by atoms with Crippen LogP contribution in [-0.4, -0.2) is 22.0 Å². The maximum absolute atomic E-state index is 12.8. The fourth-order valence-electron chi connectivity index (χ4n) is 1.71. The second-order valence-electron chi connectivity index (χ2n) is 3.75. The van der Waals surface area contributed by atoms with E-state index in [9.17, 15) is 19.1 Å². The van der Waals surface area contributed by atoms with E-state index in [2.05, 4.69) is 4.98 Å². The predicted octanol–water partition coefficient (Wildman–Crippen LogP) is 1.66. The van der Waals surface area contributed by atoms with E-state index in [-0.39, 0.29) is 5.69 Å². The number of hydrogen-bond acceptors (Lipinski definition) is 4. The van der Waals surface area contributed by atoms with Gasteiger partial charge in [-0.3, -0.25) is 14.6 Å². The van der Waals surface area contributed by atoms with Crippen molar-refractivity contribution in [3.63, 3.8) is 0 Å². The molecule has 0 bridgehead atoms. The monoisotopic (exact) mass is 260 g/mol. The van der Waals surface area contributed by atoms with Crippen LogP contribution in [0.25, 0.3) is 11.3 Å². The van der Waals surface area contributed by atoms with Crippen LogP contribution in [0.5, 0.6) is 5.75 Å². The number of nitrogens with two attached hydrogens (primary N) is 1. The highest BCUT2D eigenvalue weighted by molar-refractivity contribution is 6.07. The summed E-state index contributed by atoms with van der Waals surface area (Å²) in [6.45, 7) is 0. The van der Waals surface area contributed by atoms with E-state index in [1.165, 1.54) is 0 Å². The Bertz CT molecular complexity index is 656. The molecule has 0 aliphatic carbocycles. The van der Waals surface area contributed by atoms with Crippen LogP contribution in [0.1, 0.15) is 20.7 Å². The first kappa shape index (κ1) is 12.7. The van der Waals surface area contributed by atoms with Gasteiger partial charge in [-0.1, -0.05) is 30.3 Å². The summed E-state index contributed by atoms with van der Waals surface area (Å²) < 4.78 is 12.8. The molecule has 0 saturated heterocycles. The number of halogens is 1. The molecule has 19 heavy (non-hydrogen) atoms. The third-order valence-corrected chi connectivity index (χ3v) is 2.56. The number of carbonyl (C=O) groups is 2. The molecule has 96 valence electrons. The van der Waals surface area contributed by atoms with Crippen molar-refractivity contribution in [2.75, 3.05) is 0 Å². The Balaban J connectivity index is 2.71. The van der Waals surface area contributed by atoms with E-state index in [0.29, 0.717) is 5.56 Å². The standard InChI is InChI=1S/C13H9FN2O3/c14-12(18)8-6-16-10(7-4-2-1-3-5-7)11(17)9(8)13(15)19/h1-6,17H,(H2,15,19). The smallest absolute Gasteiger partial charge is 0.334 e. The average Bonchev–Trinajstić information content (AvgIpc) is 2.38. The molecule has 1 aromatic carbocycles. The molecule has 0 radical (unpaired) electrons. The van der Waals surface area contributed by atoms with E-state index in [0.717, 1.165) is 6.20 Å². The largest absolute Gasteiger partial charge is 0.505 e. The Morgan fingerprint density at radius 1 is 1.21 bits per heavy atom. The number of aromatic nitrogens is 1. The van der Waals surface area contributed by atoms with Crippen LogP contribution < -0.4 is 5.73 Å². The number of nitrogens with zero attached hydrogens (tertiary/aromatic N) is 1. The summed E-state index contributed by atoms with van der Waals surface area (Å²) in [5, 5.41) is 9.96. The van der Waals surface area contributed by atoms with Gasteiger partial charge in [-0.2, -0.15) is 4.39 Å². The van der Waals surface area contributed by atoms with Gasteiger partial charge in [0.05, 0.1) is 11.1 Å². The normalized spacial score (nSPS) is 10.2. The molecule has 0 atom stereocenters. The molecule has 0 fully saturated rings. The molecule has 0 aliphatic heterocycles. The average molecular weight is 260 g/mol. The Morgan fingerprint density at radius 3 is 2.37 bits per heavy atom. The molecule has 6 heteroatoms. The predicted molar refractivity (Wildman–Crippen MR) is 65.3 cm³/mol. The number of rotatable bonds is 3. The van der Waals surface area contributed by atoms with Crippen molar-refractivity contribution in [1.82, 2.24) is 4.98 Å². The molecule has 1 aromatic heterocycles. The Morgan fingerprint density at radius 2 is 1.84 bits per heavy atom. The minimum atomic E-state index is -1.88. The van der Waals surface area contributed by atoms with Crippen LogP contribution in [0.2, 0.25) is 0 Å². The minimum absolute atomic E-state index is 0.0550. The van der Waals surface area contributed by atoms with Gasteiger partial charge in [-0.25, -0.2) is 0 Å². The van der Waals surface area contributed by atoms with Crippen molar-refractivity contribution in [2.24, 2.45) is 5.73 Å². The molecule has 1 heterocycles. The Labute approximate surface area is 107 Å². The molecule has 0 spiro atoms. The van der Waals surface area contributed by atoms with Gasteiger partial charge in [0.2, 0.25) is 0 Å². The summed E-state index contributed by atoms with van der Waals surface area (Å²) in [6.07, 6.45) is 0.879. The fraction of sp³-hybridized carbons (Fsp3) is 0. The number of primary amides is 1. The molecule has 2 aromatic rings. The molecule has 2 rings (SSSR count). The van der Waals surface area contributed by atoms with Crippen LogP contribution in [-0.2, 0) is 0 Å². The third-order valence-electron chi connectivity index (χ3n) is 2.56. The SMILES string of the molecule is NC(=O)c1c(C(=O)F)cnc(-c2ccccc2)c1O. The minimum Gasteiger partial charge on any atom is -0.505 e. The quantitative estimate of drug-likeness (QED) is 0.821. The van der Waals surface area contributed by atoms with Crippen molar-refractivity contribution >= 4 is 11.9 Å². The van der Waals surface area contributed by atoms with Gasteiger partial charge in [0.25, 0.3) is 5.91 Å². The summed E-state index contributed by atoms with van der Waals surface area (Å²) in [4.78, 5) is 25.8. The van der Waals surface area contributed by atoms with E-state index in [1.54, 1.807) is 30.3 Å². The fourth-order valence-corrected chi connectivity index (χ4v) is 1.71. The van der Waals surface area contributed by atoms with Crippen LogP contribution in [0.15, 0.2) is 36.5 Å². The number of hydrogen-bond donors (Lipinski definition) is 2. The second-order valence-corrected chi connectivity index (χ2v) is 3.75. The van der Waals surface area contributed by atoms with Gasteiger partial charge in [0.15, 0.2) is 5.75 Å². The highest BCUT2D eigenvalue weighted by Crippen LogP contribution is 2.32. The van der Waals surface area contributed by atoms with Crippen molar-refractivity contribution < 1.29 is 19.1 Å². The second kappa shape index (κ2) is 4.85. The maximum atomic E-state index is 12.8. The zero-order chi connectivity index (χ0) is 14.0. The Hall–Kier alpha value is -2.76. The molecule has 5 nitrogen and oxygen atoms in total. The van der Waals surface area contributed by atoms with E-state index in [1.807, 2.05) is 0 Å². The molecule has 0 saturated carbocycles. The number of aromatic hydroxyl groups is 1. The lowest BCUT2D eigenvalue weighted by Crippen LogP contribution is -2.16. The van der Waals surface area contributed by atoms with Gasteiger partial charge >= 0.3 is 6.04 Å². The molecule has 0 unspecified atom stereocenters. The van der Waals surface area contributed by atoms with Gasteiger partial charge in [-0.15, -0.1) is 0 Å². The zero-order valence-corrected chi connectivity index (χ0v) is 9.63. The molecular weight excluding hydrogens is 251 g/mol. The lowest BCUT2D eigenvalue weighted by Gasteiger charge is -2.09. The van der Waals surface area contributed by atoms with E-state index < -0.39 is 28.8 Å². The molecule has 1 amide bonds. The van der Waals surface area contributed by atoms with Gasteiger partial charge in [-0.05, 0) is 0 Å². The van der Waals surface area contributed by atoms with Gasteiger partial charge < -0.3 is 10.8 Å². The van der Waals surface area contributed by atoms with Crippen LogP contribution in [0, 0.1) is 0 Å². The maximum Gasteiger partial charge on any atom is 0.334 e. The van der Waals surface area contributed by atoms with Crippen LogP contribution in [0.3, 0.4) is 0 Å². The number of amides is 1. The summed E-state index contributed by atoms with van der Waals surface area (Å²) >= 11 is 0. The van der Waals surface area contributed by atoms with Crippen molar-refractivity contribution in [1.29, 1.82) is 0 Å². The van der Waals surface area contributed by atoms with E-state index >= 15 is 0 Å². The summed E-state index contributed by atoms with van der Waals surface area (Å²) in [7, 11) is 0. The highest BCUT2D eigenvalue weighted by atomic mass is 19.1. The van der Waals surface area contributed by atoms with E-state index in [4.69, 9.17) is 5.73 Å². The third kappa shape index (κ3) is 2.28. The number of benzene rings is 1. The van der Waals surface area contributed by atoms with Crippen LogP contribution in [0.4, 0.5) is 4.39 Å². The Kier molecular flexibility index (Phi) is 3.24. The lowest BCUT2D eigenvalue weighted by molar-refractivity contribution is 0.0827. The first-order valence-corrected chi connectivity index (χ1v) is 5.29. The van der Waals surface area contributed by atoms with Gasteiger partial charge in [0.1, 0.15) is 5.69 Å². The first-order valence-electron chi connectivity index (χ1n) is 5.29. The summed E-state index contributed by atoms with van der Waals surface area (Å²) in [5.41, 5.74) is 4.41. The van der Waals surface area contributed by atoms with Crippen molar-refractivity contribution in [3.8, 4) is 17.0 Å². The van der Waals surface area contributed by atoms with Crippen molar-refractivity contribution in [3.05, 3.63) is 47.7 Å². The highest BCUT2D eigenvalue weighted by Gasteiger charge is 2.23. The summed E-state index contributed by atoms with van der Waals surface area (Å²) in [5.74, 6) is -1.71. The molecular formula is C13H9FN2O3. The number of carbonyl (C=O) groups excluding carboxylic acids is 2. The summed E-state index contributed by atoms with van der Waals surface area (Å²) in [6, 6.07) is 6.57. The lowest BCUT2D eigenvalue weighted by atomic mass is 10.0. The zero-order valence-electron chi connectivity index (χ0n) is 9.63. The van der Waals surface area contributed by atoms with Gasteiger partial charge in [0, 0.05) is 11.8 Å². The topological polar surface area (TPSA) is 93.3 Å². The first-order chi connectivity index (χ1) is 9.02. The van der Waals surface area contributed by atoms with Crippen molar-refractivity contribution in [2.45, 2.75) is 0 Å². The van der Waals surface area contributed by atoms with Crippen LogP contribution >= 0.6 is 0 Å². The molecule has 3 N–H and O–H groups in total. The molecule has 0 aliphatic rings.